The fraction of sp³-hybridized carbons (Fsp3) is 0.987. The van der Waals surface area contributed by atoms with Gasteiger partial charge in [0, 0.05) is 6.42 Å². The minimum atomic E-state index is -1.97. The van der Waals surface area contributed by atoms with Crippen LogP contribution in [-0.4, -0.2) is 193 Å². The molecule has 19 heteroatoms. The van der Waals surface area contributed by atoms with E-state index in [1.807, 2.05) is 0 Å². The van der Waals surface area contributed by atoms with Crippen molar-refractivity contribution >= 4 is 5.91 Å². The smallest absolute Gasteiger partial charge is 0.220 e. The quantitative estimate of drug-likeness (QED) is 0.0252. The van der Waals surface area contributed by atoms with E-state index in [0.717, 1.165) is 44.9 Å². The van der Waals surface area contributed by atoms with Crippen molar-refractivity contribution in [3.63, 3.8) is 0 Å². The average molecular weight is 1360 g/mol. The molecule has 564 valence electrons. The predicted octanol–water partition coefficient (Wildman–Crippen LogP) is 12.6. The van der Waals surface area contributed by atoms with Crippen LogP contribution in [0.2, 0.25) is 0 Å². The summed E-state index contributed by atoms with van der Waals surface area (Å²) in [4.78, 5) is 13.5. The number of aliphatic hydroxyl groups is 11. The zero-order chi connectivity index (χ0) is 68.9. The van der Waals surface area contributed by atoms with Crippen LogP contribution >= 0.6 is 0 Å². The molecule has 0 spiro atoms. The number of amides is 1. The number of unbranched alkanes of at least 4 members (excludes halogenated alkanes) is 48. The first-order valence-corrected chi connectivity index (χ1v) is 39.8. The van der Waals surface area contributed by atoms with Crippen molar-refractivity contribution in [2.75, 3.05) is 26.4 Å². The van der Waals surface area contributed by atoms with Gasteiger partial charge in [0.1, 0.15) is 73.2 Å². The summed E-state index contributed by atoms with van der Waals surface area (Å²) in [5, 5.41) is 121. The van der Waals surface area contributed by atoms with Gasteiger partial charge in [0.15, 0.2) is 18.9 Å². The predicted molar refractivity (Wildman–Crippen MR) is 374 cm³/mol. The van der Waals surface area contributed by atoms with Gasteiger partial charge in [0.25, 0.3) is 0 Å². The summed E-state index contributed by atoms with van der Waals surface area (Å²) >= 11 is 0. The van der Waals surface area contributed by atoms with Gasteiger partial charge in [-0.05, 0) is 12.8 Å². The van der Waals surface area contributed by atoms with Crippen LogP contribution in [-0.2, 0) is 33.2 Å². The van der Waals surface area contributed by atoms with Crippen LogP contribution < -0.4 is 5.32 Å². The number of rotatable bonds is 64. The maximum atomic E-state index is 13.5. The topological polar surface area (TPSA) is 307 Å². The number of aliphatic hydroxyl groups excluding tert-OH is 11. The molecule has 12 N–H and O–H groups in total. The SMILES string of the molecule is CCCCCCCCCCCCCCCCCCCCCCCCCCCCCCCC(=O)NC(COC1OC(CO)C(OC2OC(CO)C(OC3OC(CO)C(O)C(O)C3O)C(O)C2O)C(O)C1O)C(O)CCCCCCCCCCCCCCCCCCCCCCC. The summed E-state index contributed by atoms with van der Waals surface area (Å²) in [6.07, 6.45) is 39.1. The van der Waals surface area contributed by atoms with Gasteiger partial charge in [-0.25, -0.2) is 0 Å². The Morgan fingerprint density at radius 1 is 0.337 bits per heavy atom. The highest BCUT2D eigenvalue weighted by Crippen LogP contribution is 2.33. The molecule has 0 saturated carbocycles. The highest BCUT2D eigenvalue weighted by Gasteiger charge is 2.54. The van der Waals surface area contributed by atoms with E-state index in [4.69, 9.17) is 28.4 Å². The van der Waals surface area contributed by atoms with Crippen LogP contribution in [0.1, 0.15) is 348 Å². The molecular formula is C76H147NO18. The Hall–Kier alpha value is -1.21. The summed E-state index contributed by atoms with van der Waals surface area (Å²) in [5.74, 6) is -0.233. The highest BCUT2D eigenvalue weighted by atomic mass is 16.8. The number of hydrogen-bond acceptors (Lipinski definition) is 18. The van der Waals surface area contributed by atoms with Crippen molar-refractivity contribution in [2.24, 2.45) is 0 Å². The number of carbonyl (C=O) groups is 1. The molecule has 3 heterocycles. The monoisotopic (exact) mass is 1360 g/mol. The van der Waals surface area contributed by atoms with Gasteiger partial charge in [-0.1, -0.05) is 328 Å². The number of nitrogens with one attached hydrogen (secondary N) is 1. The van der Waals surface area contributed by atoms with Gasteiger partial charge >= 0.3 is 0 Å². The largest absolute Gasteiger partial charge is 0.394 e. The van der Waals surface area contributed by atoms with Gasteiger partial charge in [0.2, 0.25) is 5.91 Å². The van der Waals surface area contributed by atoms with Gasteiger partial charge < -0.3 is 89.9 Å². The second-order valence-electron chi connectivity index (χ2n) is 28.9. The maximum Gasteiger partial charge on any atom is 0.220 e. The first kappa shape index (κ1) is 88.0. The molecular weight excluding hydrogens is 1210 g/mol. The molecule has 17 unspecified atom stereocenters. The van der Waals surface area contributed by atoms with Crippen molar-refractivity contribution in [1.82, 2.24) is 5.32 Å². The highest BCUT2D eigenvalue weighted by molar-refractivity contribution is 5.76. The van der Waals surface area contributed by atoms with Gasteiger partial charge in [-0.3, -0.25) is 4.79 Å². The molecule has 0 radical (unpaired) electrons. The minimum Gasteiger partial charge on any atom is -0.394 e. The summed E-state index contributed by atoms with van der Waals surface area (Å²) in [7, 11) is 0. The van der Waals surface area contributed by atoms with Crippen LogP contribution in [0.4, 0.5) is 0 Å². The fourth-order valence-corrected chi connectivity index (χ4v) is 14.0. The van der Waals surface area contributed by atoms with Crippen molar-refractivity contribution < 1.29 is 89.4 Å². The number of carbonyl (C=O) groups excluding carboxylic acids is 1. The second-order valence-corrected chi connectivity index (χ2v) is 28.9. The second kappa shape index (κ2) is 58.3. The average Bonchev–Trinajstić information content (AvgIpc) is 0.786. The van der Waals surface area contributed by atoms with Crippen LogP contribution in [0.15, 0.2) is 0 Å². The zero-order valence-corrected chi connectivity index (χ0v) is 60.2. The van der Waals surface area contributed by atoms with Gasteiger partial charge in [-0.2, -0.15) is 0 Å². The Morgan fingerprint density at radius 2 is 0.600 bits per heavy atom. The van der Waals surface area contributed by atoms with Crippen LogP contribution in [0.3, 0.4) is 0 Å². The molecule has 3 aliphatic rings. The number of ether oxygens (including phenoxy) is 6. The molecule has 1 amide bonds. The fourth-order valence-electron chi connectivity index (χ4n) is 14.0. The zero-order valence-electron chi connectivity index (χ0n) is 60.2. The summed E-state index contributed by atoms with van der Waals surface area (Å²) in [6, 6.07) is -0.883. The minimum absolute atomic E-state index is 0.233. The van der Waals surface area contributed by atoms with Crippen molar-refractivity contribution in [1.29, 1.82) is 0 Å². The normalized spacial score (nSPS) is 27.1. The molecule has 3 fully saturated rings. The standard InChI is InChI=1S/C76H147NO18/c1-3-5-7-9-11-13-15-17-19-21-23-25-26-27-28-29-30-31-32-34-36-38-40-42-44-46-48-50-52-54-64(82)77-59(60(81)53-51-49-47-45-43-41-39-37-35-33-24-22-20-18-16-14-12-10-8-6-4-2)58-90-74-70(88)67(85)72(62(56-79)92-74)95-76-71(89)68(86)73(63(57-80)93-76)94-75-69(87)66(84)65(83)61(55-78)91-75/h59-63,65-76,78-81,83-89H,3-58H2,1-2H3,(H,77,82). The van der Waals surface area contributed by atoms with Crippen LogP contribution in [0.25, 0.3) is 0 Å². The Balaban J connectivity index is 1.36. The Bertz CT molecular complexity index is 1720. The lowest BCUT2D eigenvalue weighted by atomic mass is 9.96. The van der Waals surface area contributed by atoms with E-state index < -0.39 is 124 Å². The van der Waals surface area contributed by atoms with E-state index in [0.29, 0.717) is 12.8 Å². The van der Waals surface area contributed by atoms with E-state index in [2.05, 4.69) is 19.2 Å². The molecule has 17 atom stereocenters. The Labute approximate surface area is 576 Å². The van der Waals surface area contributed by atoms with E-state index in [1.165, 1.54) is 270 Å². The third-order valence-electron chi connectivity index (χ3n) is 20.4. The van der Waals surface area contributed by atoms with E-state index in [1.54, 1.807) is 0 Å². The molecule has 95 heavy (non-hydrogen) atoms. The first-order valence-electron chi connectivity index (χ1n) is 39.8. The van der Waals surface area contributed by atoms with Gasteiger partial charge in [-0.15, -0.1) is 0 Å². The molecule has 0 aromatic carbocycles. The summed E-state index contributed by atoms with van der Waals surface area (Å²) in [6.45, 7) is 1.87. The lowest BCUT2D eigenvalue weighted by molar-refractivity contribution is -0.379. The van der Waals surface area contributed by atoms with E-state index in [9.17, 15) is 61.0 Å². The lowest BCUT2D eigenvalue weighted by Crippen LogP contribution is -2.66. The van der Waals surface area contributed by atoms with Crippen LogP contribution in [0, 0.1) is 0 Å². The third-order valence-corrected chi connectivity index (χ3v) is 20.4. The third kappa shape index (κ3) is 39.1. The van der Waals surface area contributed by atoms with Crippen molar-refractivity contribution in [2.45, 2.75) is 452 Å². The van der Waals surface area contributed by atoms with Crippen molar-refractivity contribution in [3.8, 4) is 0 Å². The molecule has 0 bridgehead atoms. The maximum absolute atomic E-state index is 13.5. The molecule has 0 aliphatic carbocycles. The molecule has 3 saturated heterocycles. The van der Waals surface area contributed by atoms with Crippen molar-refractivity contribution in [3.05, 3.63) is 0 Å². The number of hydrogen-bond donors (Lipinski definition) is 12. The molecule has 19 nitrogen and oxygen atoms in total. The summed E-state index contributed by atoms with van der Waals surface area (Å²) in [5.41, 5.74) is 0. The molecule has 0 aromatic heterocycles. The Kier molecular flexibility index (Phi) is 54.0. The first-order chi connectivity index (χ1) is 46.3. The molecule has 3 rings (SSSR count). The lowest BCUT2D eigenvalue weighted by Gasteiger charge is -2.48. The Morgan fingerprint density at radius 3 is 0.916 bits per heavy atom. The molecule has 3 aliphatic heterocycles. The van der Waals surface area contributed by atoms with Crippen LogP contribution in [0.5, 0.6) is 0 Å². The van der Waals surface area contributed by atoms with Gasteiger partial charge in [0.05, 0.1) is 38.6 Å². The summed E-state index contributed by atoms with van der Waals surface area (Å²) < 4.78 is 34.5. The molecule has 0 aromatic rings. The van der Waals surface area contributed by atoms with E-state index in [-0.39, 0.29) is 18.9 Å². The van der Waals surface area contributed by atoms with E-state index >= 15 is 0 Å².